The fourth-order valence-corrected chi connectivity index (χ4v) is 2.17. The van der Waals surface area contributed by atoms with E-state index >= 15 is 0 Å². The number of hydrogen-bond donors (Lipinski definition) is 0. The number of fused-ring (bicyclic) bond motifs is 2. The van der Waals surface area contributed by atoms with Gasteiger partial charge in [0.2, 0.25) is 0 Å². The van der Waals surface area contributed by atoms with Crippen LogP contribution in [-0.4, -0.2) is 18.6 Å². The molecule has 2 heterocycles. The van der Waals surface area contributed by atoms with Crippen LogP contribution in [-0.2, 0) is 0 Å². The first-order valence-corrected chi connectivity index (χ1v) is 5.49. The van der Waals surface area contributed by atoms with Gasteiger partial charge in [-0.15, -0.1) is 0 Å². The second-order valence-corrected chi connectivity index (χ2v) is 4.23. The van der Waals surface area contributed by atoms with E-state index in [0.717, 1.165) is 27.9 Å². The summed E-state index contributed by atoms with van der Waals surface area (Å²) in [7, 11) is 1.96. The van der Waals surface area contributed by atoms with Crippen molar-refractivity contribution in [3.05, 3.63) is 41.5 Å². The molecule has 1 aliphatic rings. The third kappa shape index (κ3) is 1.55. The van der Waals surface area contributed by atoms with Crippen molar-refractivity contribution in [1.82, 2.24) is 4.98 Å². The van der Waals surface area contributed by atoms with E-state index in [-0.39, 0.29) is 0 Å². The van der Waals surface area contributed by atoms with Gasteiger partial charge in [-0.05, 0) is 18.2 Å². The van der Waals surface area contributed by atoms with E-state index in [1.54, 1.807) is 0 Å². The average Bonchev–Trinajstić information content (AvgIpc) is 2.36. The Labute approximate surface area is 99.6 Å². The van der Waals surface area contributed by atoms with Crippen LogP contribution in [0.4, 0.5) is 5.82 Å². The Morgan fingerprint density at radius 1 is 1.35 bits per heavy atom. The minimum Gasteiger partial charge on any atom is -0.354 e. The number of para-hydroxylation sites is 1. The van der Waals surface area contributed by atoms with Gasteiger partial charge in [0.25, 0.3) is 0 Å². The first-order valence-electron chi connectivity index (χ1n) is 5.49. The topological polar surface area (TPSA) is 39.9 Å². The number of pyridine rings is 1. The number of likely N-dealkylation sites (N-methyl/N-ethyl adjacent to an activating group) is 1. The summed E-state index contributed by atoms with van der Waals surface area (Å²) in [6.45, 7) is 0.634. The van der Waals surface area contributed by atoms with Crippen molar-refractivity contribution in [1.29, 1.82) is 5.26 Å². The van der Waals surface area contributed by atoms with Gasteiger partial charge in [0, 0.05) is 23.6 Å². The van der Waals surface area contributed by atoms with Crippen LogP contribution in [0.25, 0.3) is 17.0 Å². The molecule has 1 aromatic heterocycles. The molecule has 0 saturated carbocycles. The number of aromatic nitrogens is 1. The Hall–Kier alpha value is -2.34. The molecule has 3 heteroatoms. The van der Waals surface area contributed by atoms with Gasteiger partial charge < -0.3 is 4.90 Å². The molecule has 0 radical (unpaired) electrons. The van der Waals surface area contributed by atoms with Crippen LogP contribution in [0.1, 0.15) is 5.56 Å². The third-order valence-electron chi connectivity index (χ3n) is 2.97. The monoisotopic (exact) mass is 221 g/mol. The lowest BCUT2D eigenvalue weighted by molar-refractivity contribution is 0.964. The molecular weight excluding hydrogens is 210 g/mol. The third-order valence-corrected chi connectivity index (χ3v) is 2.97. The van der Waals surface area contributed by atoms with E-state index in [2.05, 4.69) is 17.1 Å². The molecule has 2 aromatic rings. The van der Waals surface area contributed by atoms with Gasteiger partial charge >= 0.3 is 0 Å². The second kappa shape index (κ2) is 3.60. The number of anilines is 1. The molecule has 1 aromatic carbocycles. The molecule has 0 fully saturated rings. The second-order valence-electron chi connectivity index (χ2n) is 4.23. The highest BCUT2D eigenvalue weighted by Crippen LogP contribution is 2.28. The van der Waals surface area contributed by atoms with Gasteiger partial charge in [-0.25, -0.2) is 4.98 Å². The van der Waals surface area contributed by atoms with Crippen molar-refractivity contribution in [3.63, 3.8) is 0 Å². The fraction of sp³-hybridized carbons (Fsp3) is 0.143. The van der Waals surface area contributed by atoms with Gasteiger partial charge in [-0.2, -0.15) is 5.26 Å². The van der Waals surface area contributed by atoms with Gasteiger partial charge in [0.15, 0.2) is 0 Å². The van der Waals surface area contributed by atoms with E-state index in [1.807, 2.05) is 42.3 Å². The van der Waals surface area contributed by atoms with Crippen LogP contribution in [0.15, 0.2) is 35.9 Å². The number of nitriles is 1. The van der Waals surface area contributed by atoms with Gasteiger partial charge in [0.1, 0.15) is 5.82 Å². The smallest absolute Gasteiger partial charge is 0.136 e. The zero-order valence-electron chi connectivity index (χ0n) is 9.51. The van der Waals surface area contributed by atoms with Gasteiger partial charge in [-0.1, -0.05) is 18.2 Å². The summed E-state index contributed by atoms with van der Waals surface area (Å²) in [5.41, 5.74) is 2.79. The van der Waals surface area contributed by atoms with Crippen molar-refractivity contribution in [2.24, 2.45) is 0 Å². The van der Waals surface area contributed by atoms with Crippen molar-refractivity contribution >= 4 is 22.8 Å². The summed E-state index contributed by atoms with van der Waals surface area (Å²) in [5, 5.41) is 10.1. The van der Waals surface area contributed by atoms with Crippen LogP contribution in [0.3, 0.4) is 0 Å². The average molecular weight is 221 g/mol. The Bertz CT molecular complexity index is 665. The highest BCUT2D eigenvalue weighted by atomic mass is 15.2. The van der Waals surface area contributed by atoms with E-state index in [0.29, 0.717) is 6.54 Å². The van der Waals surface area contributed by atoms with E-state index in [1.165, 1.54) is 0 Å². The number of benzene rings is 1. The minimum atomic E-state index is 0.634. The molecule has 0 bridgehead atoms. The van der Waals surface area contributed by atoms with Crippen molar-refractivity contribution in [2.45, 2.75) is 0 Å². The molecule has 1 aliphatic heterocycles. The molecular formula is C14H11N3. The Kier molecular flexibility index (Phi) is 2.09. The van der Waals surface area contributed by atoms with Crippen LogP contribution < -0.4 is 4.90 Å². The van der Waals surface area contributed by atoms with Crippen LogP contribution >= 0.6 is 0 Å². The van der Waals surface area contributed by atoms with Crippen LogP contribution in [0.5, 0.6) is 0 Å². The standard InChI is InChI=1S/C14H11N3/c1-17-9-10(8-15)6-12-7-11-4-2-3-5-13(11)16-14(12)17/h2-7H,9H2,1H3. The molecule has 3 rings (SSSR count). The summed E-state index contributed by atoms with van der Waals surface area (Å²) < 4.78 is 0. The quantitative estimate of drug-likeness (QED) is 0.686. The molecule has 0 atom stereocenters. The summed E-state index contributed by atoms with van der Waals surface area (Å²) in [6, 6.07) is 12.3. The van der Waals surface area contributed by atoms with Crippen molar-refractivity contribution < 1.29 is 0 Å². The molecule has 0 unspecified atom stereocenters. The van der Waals surface area contributed by atoms with Crippen molar-refractivity contribution in [3.8, 4) is 6.07 Å². The summed E-state index contributed by atoms with van der Waals surface area (Å²) in [4.78, 5) is 6.65. The minimum absolute atomic E-state index is 0.634. The molecule has 0 amide bonds. The van der Waals surface area contributed by atoms with Crippen LogP contribution in [0.2, 0.25) is 0 Å². The van der Waals surface area contributed by atoms with Crippen LogP contribution in [0, 0.1) is 11.3 Å². The lowest BCUT2D eigenvalue weighted by Gasteiger charge is -2.24. The molecule has 0 N–H and O–H groups in total. The number of hydrogen-bond acceptors (Lipinski definition) is 3. The first kappa shape index (κ1) is 9.86. The Balaban J connectivity index is 2.29. The zero-order chi connectivity index (χ0) is 11.8. The maximum Gasteiger partial charge on any atom is 0.136 e. The fourth-order valence-electron chi connectivity index (χ4n) is 2.17. The Morgan fingerprint density at radius 2 is 2.18 bits per heavy atom. The lowest BCUT2D eigenvalue weighted by atomic mass is 10.1. The molecule has 3 nitrogen and oxygen atoms in total. The summed E-state index contributed by atoms with van der Waals surface area (Å²) in [6.07, 6.45) is 1.93. The molecule has 17 heavy (non-hydrogen) atoms. The maximum absolute atomic E-state index is 8.98. The molecule has 82 valence electrons. The highest BCUT2D eigenvalue weighted by molar-refractivity contribution is 5.86. The zero-order valence-corrected chi connectivity index (χ0v) is 9.51. The molecule has 0 saturated heterocycles. The normalized spacial score (nSPS) is 14.1. The first-order chi connectivity index (χ1) is 8.28. The molecule has 0 aliphatic carbocycles. The van der Waals surface area contributed by atoms with E-state index in [9.17, 15) is 0 Å². The number of rotatable bonds is 0. The van der Waals surface area contributed by atoms with Gasteiger partial charge in [0.05, 0.1) is 18.1 Å². The summed E-state index contributed by atoms with van der Waals surface area (Å²) in [5.74, 6) is 0.947. The van der Waals surface area contributed by atoms with E-state index in [4.69, 9.17) is 5.26 Å². The maximum atomic E-state index is 8.98. The van der Waals surface area contributed by atoms with E-state index < -0.39 is 0 Å². The lowest BCUT2D eigenvalue weighted by Crippen LogP contribution is -2.24. The predicted octanol–water partition coefficient (Wildman–Crippen LogP) is 2.59. The Morgan fingerprint density at radius 3 is 3.00 bits per heavy atom. The van der Waals surface area contributed by atoms with Gasteiger partial charge in [-0.3, -0.25) is 0 Å². The van der Waals surface area contributed by atoms with Crippen molar-refractivity contribution in [2.75, 3.05) is 18.5 Å². The largest absolute Gasteiger partial charge is 0.354 e. The SMILES string of the molecule is CN1CC(C#N)=Cc2cc3ccccc3nc21. The predicted molar refractivity (Wildman–Crippen MR) is 68.6 cm³/mol. The summed E-state index contributed by atoms with van der Waals surface area (Å²) >= 11 is 0. The highest BCUT2D eigenvalue weighted by Gasteiger charge is 2.16. The molecule has 0 spiro atoms. The number of nitrogens with zero attached hydrogens (tertiary/aromatic N) is 3.